The van der Waals surface area contributed by atoms with E-state index in [0.717, 1.165) is 12.2 Å². The van der Waals surface area contributed by atoms with Gasteiger partial charge in [0, 0.05) is 5.75 Å². The van der Waals surface area contributed by atoms with E-state index in [1.165, 1.54) is 0 Å². The van der Waals surface area contributed by atoms with Crippen molar-refractivity contribution in [3.63, 3.8) is 0 Å². The van der Waals surface area contributed by atoms with E-state index in [4.69, 9.17) is 35.0 Å². The fourth-order valence-corrected chi connectivity index (χ4v) is 20.2. The van der Waals surface area contributed by atoms with Crippen molar-refractivity contribution >= 4 is 67.4 Å². The van der Waals surface area contributed by atoms with Crippen LogP contribution in [0.15, 0.2) is 6.33 Å². The molecule has 0 spiro atoms. The molecule has 2 aromatic rings. The third-order valence-corrected chi connectivity index (χ3v) is 21.3. The third-order valence-electron chi connectivity index (χ3n) is 7.75. The number of anilines is 1. The Labute approximate surface area is 247 Å². The zero-order chi connectivity index (χ0) is 28.7. The molecule has 2 aliphatic rings. The summed E-state index contributed by atoms with van der Waals surface area (Å²) in [7, 11) is -1.83. The van der Waals surface area contributed by atoms with E-state index in [2.05, 4.69) is 77.3 Å². The summed E-state index contributed by atoms with van der Waals surface area (Å²) in [6.07, 6.45) is 1.92. The minimum absolute atomic E-state index is 0.0530. The molecular weight excluding hydrogens is 590 g/mol. The maximum Gasteiger partial charge on any atom is 0.335 e. The van der Waals surface area contributed by atoms with Crippen molar-refractivity contribution in [3.05, 3.63) is 11.5 Å². The van der Waals surface area contributed by atoms with Gasteiger partial charge < -0.3 is 23.4 Å². The molecule has 39 heavy (non-hydrogen) atoms. The zero-order valence-corrected chi connectivity index (χ0v) is 28.9. The lowest BCUT2D eigenvalue weighted by Crippen LogP contribution is -2.65. The first-order valence-electron chi connectivity index (χ1n) is 14.0. The average molecular weight is 634 g/mol. The Morgan fingerprint density at radius 3 is 2.28 bits per heavy atom. The van der Waals surface area contributed by atoms with Gasteiger partial charge in [0.2, 0.25) is 5.95 Å². The first-order chi connectivity index (χ1) is 18.4. The Hall–Kier alpha value is -0.386. The second-order valence-corrected chi connectivity index (χ2v) is 23.6. The first-order valence-corrected chi connectivity index (χ1v) is 20.7. The van der Waals surface area contributed by atoms with E-state index in [1.807, 2.05) is 15.4 Å². The highest BCUT2D eigenvalue weighted by Crippen LogP contribution is 2.52. The number of hydrogen-bond donors (Lipinski definition) is 1. The number of nitrogens with zero attached hydrogens (tertiary/aromatic N) is 4. The fourth-order valence-electron chi connectivity index (χ4n) is 5.74. The summed E-state index contributed by atoms with van der Waals surface area (Å²) in [6.45, 7) is 20.5. The number of fused-ring (bicyclic) bond motifs is 2. The molecule has 2 N–H and O–H groups in total. The molecule has 0 aromatic carbocycles. The number of nitrogen functional groups attached to an aromatic ring is 1. The molecule has 0 amide bonds. The fraction of sp³-hybridized carbons (Fsp3) is 0.800. The van der Waals surface area contributed by atoms with Crippen LogP contribution in [0.1, 0.15) is 75.0 Å². The highest BCUT2D eigenvalue weighted by molar-refractivity contribution is 8.77. The number of imidazole rings is 1. The molecule has 2 aromatic heterocycles. The van der Waals surface area contributed by atoms with Crippen LogP contribution in [0, 0.1) is 0 Å². The highest BCUT2D eigenvalue weighted by Gasteiger charge is 2.62. The van der Waals surface area contributed by atoms with Crippen molar-refractivity contribution in [3.8, 4) is 0 Å². The second kappa shape index (κ2) is 12.5. The smallest absolute Gasteiger partial charge is 0.335 e. The van der Waals surface area contributed by atoms with Crippen molar-refractivity contribution in [1.82, 2.24) is 19.5 Å². The predicted molar refractivity (Wildman–Crippen MR) is 167 cm³/mol. The van der Waals surface area contributed by atoms with E-state index in [9.17, 15) is 0 Å². The molecule has 14 heteroatoms. The summed E-state index contributed by atoms with van der Waals surface area (Å²) in [5, 5.41) is 0.177. The van der Waals surface area contributed by atoms with Gasteiger partial charge in [-0.2, -0.15) is 9.97 Å². The largest absolute Gasteiger partial charge is 0.414 e. The molecule has 2 fully saturated rings. The monoisotopic (exact) mass is 633 g/mol. The van der Waals surface area contributed by atoms with E-state index in [1.54, 1.807) is 17.1 Å². The minimum atomic E-state index is -2.80. The molecule has 220 valence electrons. The van der Waals surface area contributed by atoms with Crippen molar-refractivity contribution in [2.75, 3.05) is 18.1 Å². The van der Waals surface area contributed by atoms with E-state index < -0.39 is 23.3 Å². The Morgan fingerprint density at radius 2 is 1.69 bits per heavy atom. The van der Waals surface area contributed by atoms with Crippen molar-refractivity contribution < 1.29 is 17.7 Å². The summed E-state index contributed by atoms with van der Waals surface area (Å²) < 4.78 is 30.6. The first kappa shape index (κ1) is 31.5. The van der Waals surface area contributed by atoms with Gasteiger partial charge in [-0.15, -0.1) is 0 Å². The van der Waals surface area contributed by atoms with Crippen LogP contribution in [0.5, 0.6) is 0 Å². The van der Waals surface area contributed by atoms with Gasteiger partial charge in [0.1, 0.15) is 11.6 Å². The standard InChI is InChI=1S/C25H44ClN5O4S2Si2/c1-10-11-36-37-21-20-18(33-24(21)31-13-28-19-22(26)29-25(27)30-23(19)31)12-32-38(14(2)3,15(4)5)35-39(34-20,16(6)7)17(8)9/h13-18,20-21,24H,10-12H2,1-9H3,(H2,27,29,30)/t18-,20-,21+,24-/m1/s1. The Kier molecular flexibility index (Phi) is 10.1. The maximum atomic E-state index is 7.41. The summed E-state index contributed by atoms with van der Waals surface area (Å²) in [5.74, 6) is 1.13. The number of hydrogen-bond acceptors (Lipinski definition) is 10. The quantitative estimate of drug-likeness (QED) is 0.133. The van der Waals surface area contributed by atoms with Gasteiger partial charge >= 0.3 is 17.1 Å². The minimum Gasteiger partial charge on any atom is -0.414 e. The topological polar surface area (TPSA) is 107 Å². The van der Waals surface area contributed by atoms with Gasteiger partial charge in [-0.05, 0) is 28.6 Å². The molecular formula is C25H44ClN5O4S2Si2. The van der Waals surface area contributed by atoms with Crippen molar-refractivity contribution in [2.45, 2.75) is 115 Å². The van der Waals surface area contributed by atoms with Crippen LogP contribution in [0.25, 0.3) is 11.2 Å². The van der Waals surface area contributed by atoms with Crippen LogP contribution >= 0.6 is 33.2 Å². The van der Waals surface area contributed by atoms with Gasteiger partial charge in [0.05, 0.1) is 24.3 Å². The van der Waals surface area contributed by atoms with Gasteiger partial charge in [-0.25, -0.2) is 4.98 Å². The summed E-state index contributed by atoms with van der Waals surface area (Å²) in [4.78, 5) is 13.1. The van der Waals surface area contributed by atoms with Crippen molar-refractivity contribution in [2.24, 2.45) is 0 Å². The van der Waals surface area contributed by atoms with Crippen LogP contribution in [0.4, 0.5) is 5.95 Å². The molecule has 0 radical (unpaired) electrons. The molecule has 4 heterocycles. The lowest BCUT2D eigenvalue weighted by atomic mass is 10.2. The molecule has 2 aliphatic heterocycles. The van der Waals surface area contributed by atoms with Crippen LogP contribution < -0.4 is 5.73 Å². The van der Waals surface area contributed by atoms with E-state index in [-0.39, 0.29) is 50.7 Å². The number of rotatable bonds is 9. The molecule has 4 atom stereocenters. The lowest BCUT2D eigenvalue weighted by Gasteiger charge is -2.51. The Bertz CT molecular complexity index is 1130. The maximum absolute atomic E-state index is 7.41. The van der Waals surface area contributed by atoms with Crippen LogP contribution in [-0.2, 0) is 17.7 Å². The number of aromatic nitrogens is 4. The third kappa shape index (κ3) is 5.81. The second-order valence-electron chi connectivity index (χ2n) is 11.7. The van der Waals surface area contributed by atoms with Crippen molar-refractivity contribution in [1.29, 1.82) is 0 Å². The van der Waals surface area contributed by atoms with E-state index in [0.29, 0.717) is 17.8 Å². The number of halogens is 1. The molecule has 0 aliphatic carbocycles. The summed E-state index contributed by atoms with van der Waals surface area (Å²) in [5.41, 5.74) is 8.04. The summed E-state index contributed by atoms with van der Waals surface area (Å²) >= 11 is 6.38. The Morgan fingerprint density at radius 1 is 1.05 bits per heavy atom. The number of ether oxygens (including phenoxy) is 1. The van der Waals surface area contributed by atoms with Crippen LogP contribution in [-0.4, -0.2) is 66.5 Å². The lowest BCUT2D eigenvalue weighted by molar-refractivity contribution is -0.0544. The zero-order valence-electron chi connectivity index (χ0n) is 24.5. The van der Waals surface area contributed by atoms with Gasteiger partial charge in [-0.3, -0.25) is 4.57 Å². The van der Waals surface area contributed by atoms with Gasteiger partial charge in [0.15, 0.2) is 17.0 Å². The molecule has 9 nitrogen and oxygen atoms in total. The van der Waals surface area contributed by atoms with Crippen LogP contribution in [0.2, 0.25) is 27.3 Å². The summed E-state index contributed by atoms with van der Waals surface area (Å²) in [6, 6.07) is 0. The van der Waals surface area contributed by atoms with Gasteiger partial charge in [0.25, 0.3) is 0 Å². The molecule has 2 saturated heterocycles. The number of nitrogens with two attached hydrogens (primary N) is 1. The Balaban J connectivity index is 1.83. The molecule has 0 unspecified atom stereocenters. The highest BCUT2D eigenvalue weighted by atomic mass is 35.5. The van der Waals surface area contributed by atoms with E-state index >= 15 is 0 Å². The van der Waals surface area contributed by atoms with Crippen LogP contribution in [0.3, 0.4) is 0 Å². The molecule has 0 saturated carbocycles. The molecule has 0 bridgehead atoms. The SMILES string of the molecule is CCCSS[C@H]1[C@@H]2O[Si](C(C)C)(C(C)C)O[Si](C(C)C)(C(C)C)OC[C@H]2O[C@H]1n1cnc2c(Cl)nc(N)nc21. The predicted octanol–water partition coefficient (Wildman–Crippen LogP) is 7.08. The molecule has 4 rings (SSSR count). The normalized spacial score (nSPS) is 27.0. The van der Waals surface area contributed by atoms with Gasteiger partial charge in [-0.1, -0.05) is 95.5 Å². The average Bonchev–Trinajstić information content (AvgIpc) is 3.39.